The van der Waals surface area contributed by atoms with Gasteiger partial charge in [0.2, 0.25) is 5.78 Å². The van der Waals surface area contributed by atoms with Gasteiger partial charge in [-0.2, -0.15) is 0 Å². The van der Waals surface area contributed by atoms with Crippen molar-refractivity contribution in [3.05, 3.63) is 101 Å². The third kappa shape index (κ3) is 4.32. The Hall–Kier alpha value is -3.20. The van der Waals surface area contributed by atoms with E-state index < -0.39 is 6.10 Å². The minimum atomic E-state index is -0.609. The summed E-state index contributed by atoms with van der Waals surface area (Å²) in [6, 6.07) is 21.7. The molecule has 0 spiro atoms. The summed E-state index contributed by atoms with van der Waals surface area (Å²) in [4.78, 5) is 25.0. The number of benzene rings is 3. The van der Waals surface area contributed by atoms with Crippen molar-refractivity contribution in [3.63, 3.8) is 0 Å². The van der Waals surface area contributed by atoms with Gasteiger partial charge in [-0.15, -0.1) is 0 Å². The average molecular weight is 358 g/mol. The quantitative estimate of drug-likeness (QED) is 0.570. The highest BCUT2D eigenvalue weighted by atomic mass is 16.5. The van der Waals surface area contributed by atoms with Crippen LogP contribution < -0.4 is 4.74 Å². The lowest BCUT2D eigenvalue weighted by Crippen LogP contribution is -2.24. The second-order valence-electron chi connectivity index (χ2n) is 6.64. The molecule has 3 aromatic carbocycles. The topological polar surface area (TPSA) is 43.4 Å². The lowest BCUT2D eigenvalue weighted by atomic mass is 10.0. The zero-order valence-electron chi connectivity index (χ0n) is 15.7. The number of hydrogen-bond acceptors (Lipinski definition) is 3. The third-order valence-electron chi connectivity index (χ3n) is 4.63. The molecule has 0 aliphatic rings. The van der Waals surface area contributed by atoms with Crippen molar-refractivity contribution < 1.29 is 14.3 Å². The summed E-state index contributed by atoms with van der Waals surface area (Å²) in [6.07, 6.45) is -0.609. The molecule has 3 nitrogen and oxygen atoms in total. The van der Waals surface area contributed by atoms with Gasteiger partial charge in [0.05, 0.1) is 0 Å². The standard InChI is InChI=1S/C24H22O3/c1-16-9-10-21(15-17(16)2)23(25)18(3)27-22-13-11-20(12-14-22)24(26)19-7-5-4-6-8-19/h4-15,18H,1-3H3. The Labute approximate surface area is 159 Å². The Morgan fingerprint density at radius 3 is 1.96 bits per heavy atom. The maximum absolute atomic E-state index is 12.6. The van der Waals surface area contributed by atoms with E-state index in [0.717, 1.165) is 11.1 Å². The number of ether oxygens (including phenoxy) is 1. The van der Waals surface area contributed by atoms with Crippen LogP contribution in [0.4, 0.5) is 0 Å². The highest BCUT2D eigenvalue weighted by molar-refractivity contribution is 6.09. The number of carbonyl (C=O) groups is 2. The molecule has 0 heterocycles. The zero-order valence-corrected chi connectivity index (χ0v) is 15.7. The minimum absolute atomic E-state index is 0.0404. The fourth-order valence-corrected chi connectivity index (χ4v) is 2.83. The molecule has 3 aromatic rings. The molecule has 136 valence electrons. The molecule has 0 saturated carbocycles. The van der Waals surface area contributed by atoms with Crippen molar-refractivity contribution in [2.75, 3.05) is 0 Å². The van der Waals surface area contributed by atoms with E-state index in [9.17, 15) is 9.59 Å². The predicted molar refractivity (Wildman–Crippen MR) is 107 cm³/mol. The van der Waals surface area contributed by atoms with E-state index in [1.54, 1.807) is 43.3 Å². The van der Waals surface area contributed by atoms with Crippen LogP contribution in [0.1, 0.15) is 44.3 Å². The Balaban J connectivity index is 1.69. The van der Waals surface area contributed by atoms with Crippen LogP contribution in [-0.4, -0.2) is 17.7 Å². The molecule has 3 heteroatoms. The van der Waals surface area contributed by atoms with E-state index in [2.05, 4.69) is 0 Å². The Bertz CT molecular complexity index is 957. The van der Waals surface area contributed by atoms with Gasteiger partial charge < -0.3 is 4.74 Å². The number of Topliss-reactive ketones (excluding diaryl/α,β-unsaturated/α-hetero) is 1. The van der Waals surface area contributed by atoms with E-state index in [4.69, 9.17) is 4.74 Å². The third-order valence-corrected chi connectivity index (χ3v) is 4.63. The fourth-order valence-electron chi connectivity index (χ4n) is 2.83. The van der Waals surface area contributed by atoms with E-state index in [1.165, 1.54) is 0 Å². The summed E-state index contributed by atoms with van der Waals surface area (Å²) in [5.41, 5.74) is 4.10. The van der Waals surface area contributed by atoms with Gasteiger partial charge >= 0.3 is 0 Å². The summed E-state index contributed by atoms with van der Waals surface area (Å²) >= 11 is 0. The maximum Gasteiger partial charge on any atom is 0.203 e. The molecule has 1 unspecified atom stereocenters. The molecule has 0 radical (unpaired) electrons. The van der Waals surface area contributed by atoms with Gasteiger partial charge in [-0.1, -0.05) is 42.5 Å². The van der Waals surface area contributed by atoms with Crippen LogP contribution in [0.5, 0.6) is 5.75 Å². The Morgan fingerprint density at radius 1 is 0.741 bits per heavy atom. The van der Waals surface area contributed by atoms with Crippen LogP contribution in [-0.2, 0) is 0 Å². The van der Waals surface area contributed by atoms with Gasteiger partial charge in [0.25, 0.3) is 0 Å². The molecule has 0 N–H and O–H groups in total. The molecule has 0 amide bonds. The van der Waals surface area contributed by atoms with Gasteiger partial charge in [0, 0.05) is 16.7 Å². The van der Waals surface area contributed by atoms with E-state index in [0.29, 0.717) is 22.4 Å². The van der Waals surface area contributed by atoms with E-state index in [1.807, 2.05) is 50.2 Å². The summed E-state index contributed by atoms with van der Waals surface area (Å²) in [5.74, 6) is 0.452. The molecule has 27 heavy (non-hydrogen) atoms. The minimum Gasteiger partial charge on any atom is -0.483 e. The Morgan fingerprint density at radius 2 is 1.33 bits per heavy atom. The van der Waals surface area contributed by atoms with Gasteiger partial charge in [0.1, 0.15) is 5.75 Å². The predicted octanol–water partition coefficient (Wildman–Crippen LogP) is 5.18. The molecule has 0 aliphatic carbocycles. The molecule has 3 rings (SSSR count). The second-order valence-corrected chi connectivity index (χ2v) is 6.64. The van der Waals surface area contributed by atoms with Crippen LogP contribution >= 0.6 is 0 Å². The highest BCUT2D eigenvalue weighted by Gasteiger charge is 2.18. The Kier molecular flexibility index (Phi) is 5.51. The van der Waals surface area contributed by atoms with Crippen LogP contribution in [0.2, 0.25) is 0 Å². The normalized spacial score (nSPS) is 11.7. The first-order chi connectivity index (χ1) is 13.0. The number of aryl methyl sites for hydroxylation is 2. The molecule has 0 saturated heterocycles. The summed E-state index contributed by atoms with van der Waals surface area (Å²) in [7, 11) is 0. The summed E-state index contributed by atoms with van der Waals surface area (Å²) in [6.45, 7) is 5.74. The summed E-state index contributed by atoms with van der Waals surface area (Å²) < 4.78 is 5.78. The smallest absolute Gasteiger partial charge is 0.203 e. The maximum atomic E-state index is 12.6. The number of hydrogen-bond donors (Lipinski definition) is 0. The lowest BCUT2D eigenvalue weighted by molar-refractivity contribution is 0.0817. The van der Waals surface area contributed by atoms with Crippen LogP contribution in [0, 0.1) is 13.8 Å². The first-order valence-corrected chi connectivity index (χ1v) is 8.93. The van der Waals surface area contributed by atoms with E-state index >= 15 is 0 Å². The van der Waals surface area contributed by atoms with Gasteiger partial charge in [-0.3, -0.25) is 9.59 Å². The highest BCUT2D eigenvalue weighted by Crippen LogP contribution is 2.19. The molecule has 0 fully saturated rings. The molecule has 0 aromatic heterocycles. The molecule has 1 atom stereocenters. The summed E-state index contributed by atoms with van der Waals surface area (Å²) in [5, 5.41) is 0. The fraction of sp³-hybridized carbons (Fsp3) is 0.167. The van der Waals surface area contributed by atoms with Gasteiger partial charge in [-0.25, -0.2) is 0 Å². The van der Waals surface area contributed by atoms with Crippen molar-refractivity contribution in [2.45, 2.75) is 26.9 Å². The van der Waals surface area contributed by atoms with Crippen molar-refractivity contribution in [1.29, 1.82) is 0 Å². The van der Waals surface area contributed by atoms with Crippen molar-refractivity contribution >= 4 is 11.6 Å². The molecular formula is C24H22O3. The number of ketones is 2. The van der Waals surface area contributed by atoms with Crippen LogP contribution in [0.15, 0.2) is 72.8 Å². The van der Waals surface area contributed by atoms with Crippen molar-refractivity contribution in [2.24, 2.45) is 0 Å². The zero-order chi connectivity index (χ0) is 19.4. The second kappa shape index (κ2) is 8.00. The SMILES string of the molecule is Cc1ccc(C(=O)C(C)Oc2ccc(C(=O)c3ccccc3)cc2)cc1C. The van der Waals surface area contributed by atoms with Gasteiger partial charge in [-0.05, 0) is 62.2 Å². The molecule has 0 aliphatic heterocycles. The first-order valence-electron chi connectivity index (χ1n) is 8.93. The molecular weight excluding hydrogens is 336 g/mol. The van der Waals surface area contributed by atoms with Crippen molar-refractivity contribution in [1.82, 2.24) is 0 Å². The average Bonchev–Trinajstić information content (AvgIpc) is 2.70. The van der Waals surface area contributed by atoms with Crippen LogP contribution in [0.25, 0.3) is 0 Å². The largest absolute Gasteiger partial charge is 0.483 e. The number of carbonyl (C=O) groups excluding carboxylic acids is 2. The monoisotopic (exact) mass is 358 g/mol. The molecule has 0 bridgehead atoms. The number of rotatable bonds is 6. The van der Waals surface area contributed by atoms with Crippen LogP contribution in [0.3, 0.4) is 0 Å². The van der Waals surface area contributed by atoms with Crippen molar-refractivity contribution in [3.8, 4) is 5.75 Å². The lowest BCUT2D eigenvalue weighted by Gasteiger charge is -2.15. The van der Waals surface area contributed by atoms with Gasteiger partial charge in [0.15, 0.2) is 11.9 Å². The van der Waals surface area contributed by atoms with E-state index in [-0.39, 0.29) is 11.6 Å². The first kappa shape index (κ1) is 18.6.